The van der Waals surface area contributed by atoms with Gasteiger partial charge in [0.2, 0.25) is 0 Å². The van der Waals surface area contributed by atoms with Crippen LogP contribution in [0.3, 0.4) is 0 Å². The number of hydrogen-bond donors (Lipinski definition) is 1. The number of nitro groups is 2. The van der Waals surface area contributed by atoms with Crippen LogP contribution in [0.2, 0.25) is 0 Å². The molecule has 0 saturated carbocycles. The molecule has 0 atom stereocenters. The molecular formula is C9H4N2O7. The zero-order valence-corrected chi connectivity index (χ0v) is 8.52. The molecule has 0 bridgehead atoms. The lowest BCUT2D eigenvalue weighted by Gasteiger charge is -1.99. The van der Waals surface area contributed by atoms with E-state index in [2.05, 4.69) is 4.42 Å². The number of rotatable bonds is 2. The van der Waals surface area contributed by atoms with E-state index in [0.29, 0.717) is 0 Å². The average molecular weight is 252 g/mol. The van der Waals surface area contributed by atoms with E-state index in [1.165, 1.54) is 0 Å². The van der Waals surface area contributed by atoms with E-state index in [9.17, 15) is 25.0 Å². The van der Waals surface area contributed by atoms with Gasteiger partial charge in [0.05, 0.1) is 9.85 Å². The Labute approximate surface area is 97.2 Å². The molecule has 1 heterocycles. The lowest BCUT2D eigenvalue weighted by molar-refractivity contribution is -0.423. The van der Waals surface area contributed by atoms with Gasteiger partial charge < -0.3 is 9.52 Å². The molecule has 0 spiro atoms. The molecule has 92 valence electrons. The summed E-state index contributed by atoms with van der Waals surface area (Å²) in [4.78, 5) is 30.6. The first-order valence-corrected chi connectivity index (χ1v) is 4.50. The fourth-order valence-corrected chi connectivity index (χ4v) is 1.51. The summed E-state index contributed by atoms with van der Waals surface area (Å²) in [5.41, 5.74) is -3.92. The lowest BCUT2D eigenvalue weighted by Crippen LogP contribution is -2.10. The van der Waals surface area contributed by atoms with Crippen LogP contribution in [0.5, 0.6) is 5.75 Å². The van der Waals surface area contributed by atoms with Gasteiger partial charge in [0, 0.05) is 6.07 Å². The highest BCUT2D eigenvalue weighted by atomic mass is 16.6. The molecule has 18 heavy (non-hydrogen) atoms. The van der Waals surface area contributed by atoms with Crippen molar-refractivity contribution in [3.63, 3.8) is 0 Å². The molecule has 2 rings (SSSR count). The van der Waals surface area contributed by atoms with E-state index in [1.54, 1.807) is 0 Å². The van der Waals surface area contributed by atoms with E-state index in [-0.39, 0.29) is 16.7 Å². The summed E-state index contributed by atoms with van der Waals surface area (Å²) in [6.45, 7) is 0. The highest BCUT2D eigenvalue weighted by molar-refractivity contribution is 5.90. The third-order valence-corrected chi connectivity index (χ3v) is 2.21. The van der Waals surface area contributed by atoms with Crippen molar-refractivity contribution in [3.05, 3.63) is 48.8 Å². The molecule has 0 aliphatic rings. The normalized spacial score (nSPS) is 10.4. The van der Waals surface area contributed by atoms with Crippen LogP contribution in [0.15, 0.2) is 27.4 Å². The Bertz CT molecular complexity index is 734. The molecule has 0 aliphatic carbocycles. The van der Waals surface area contributed by atoms with Crippen molar-refractivity contribution in [2.24, 2.45) is 0 Å². The Kier molecular flexibility index (Phi) is 2.43. The zero-order valence-electron chi connectivity index (χ0n) is 8.52. The molecule has 0 unspecified atom stereocenters. The van der Waals surface area contributed by atoms with Gasteiger partial charge in [-0.25, -0.2) is 4.79 Å². The summed E-state index contributed by atoms with van der Waals surface area (Å²) < 4.78 is 4.56. The van der Waals surface area contributed by atoms with Gasteiger partial charge in [0.1, 0.15) is 16.7 Å². The number of benzene rings is 1. The second-order valence-electron chi connectivity index (χ2n) is 3.28. The zero-order chi connectivity index (χ0) is 13.4. The van der Waals surface area contributed by atoms with Crippen molar-refractivity contribution in [1.82, 2.24) is 0 Å². The van der Waals surface area contributed by atoms with Crippen LogP contribution in [0.4, 0.5) is 11.4 Å². The van der Waals surface area contributed by atoms with Crippen molar-refractivity contribution in [2.75, 3.05) is 0 Å². The molecular weight excluding hydrogens is 248 g/mol. The molecule has 9 heteroatoms. The quantitative estimate of drug-likeness (QED) is 0.483. The van der Waals surface area contributed by atoms with Gasteiger partial charge >= 0.3 is 17.0 Å². The maximum atomic E-state index is 11.3. The van der Waals surface area contributed by atoms with Crippen LogP contribution in [-0.4, -0.2) is 15.0 Å². The summed E-state index contributed by atoms with van der Waals surface area (Å²) in [7, 11) is 0. The van der Waals surface area contributed by atoms with E-state index in [4.69, 9.17) is 5.11 Å². The molecule has 0 aliphatic heterocycles. The molecule has 0 amide bonds. The van der Waals surface area contributed by atoms with Gasteiger partial charge in [0.15, 0.2) is 0 Å². The number of hydrogen-bond acceptors (Lipinski definition) is 7. The topological polar surface area (TPSA) is 137 Å². The summed E-state index contributed by atoms with van der Waals surface area (Å²) in [5.74, 6) is -0.284. The second kappa shape index (κ2) is 3.80. The molecule has 9 nitrogen and oxygen atoms in total. The summed E-state index contributed by atoms with van der Waals surface area (Å²) in [6, 6.07) is 3.13. The maximum absolute atomic E-state index is 11.3. The van der Waals surface area contributed by atoms with Crippen molar-refractivity contribution in [2.45, 2.75) is 0 Å². The second-order valence-corrected chi connectivity index (χ2v) is 3.28. The van der Waals surface area contributed by atoms with E-state index < -0.39 is 26.8 Å². The smallest absolute Gasteiger partial charge is 0.430 e. The Hall–Kier alpha value is -2.97. The van der Waals surface area contributed by atoms with Crippen LogP contribution < -0.4 is 5.63 Å². The van der Waals surface area contributed by atoms with Gasteiger partial charge in [-0.2, -0.15) is 0 Å². The van der Waals surface area contributed by atoms with E-state index in [1.807, 2.05) is 0 Å². The maximum Gasteiger partial charge on any atom is 0.430 e. The standard InChI is InChI=1S/C9H4N2O7/c12-4-1-2-5-6(3-4)18-9(13)8(11(16)17)7(5)10(14)15/h1-3,12H. The third-order valence-electron chi connectivity index (χ3n) is 2.21. The molecule has 0 saturated heterocycles. The predicted octanol–water partition coefficient (Wildman–Crippen LogP) is 1.32. The molecule has 1 aromatic heterocycles. The first-order chi connectivity index (χ1) is 8.41. The monoisotopic (exact) mass is 252 g/mol. The fraction of sp³-hybridized carbons (Fsp3) is 0. The van der Waals surface area contributed by atoms with E-state index >= 15 is 0 Å². The van der Waals surface area contributed by atoms with Crippen molar-refractivity contribution >= 4 is 22.3 Å². The summed E-state index contributed by atoms with van der Waals surface area (Å²) in [6.07, 6.45) is 0. The van der Waals surface area contributed by atoms with Gasteiger partial charge in [-0.3, -0.25) is 20.2 Å². The van der Waals surface area contributed by atoms with Crippen molar-refractivity contribution in [3.8, 4) is 5.75 Å². The minimum Gasteiger partial charge on any atom is -0.508 e. The minimum atomic E-state index is -1.44. The van der Waals surface area contributed by atoms with Gasteiger partial charge in [-0.15, -0.1) is 0 Å². The van der Waals surface area contributed by atoms with Crippen LogP contribution in [0, 0.1) is 20.2 Å². The van der Waals surface area contributed by atoms with Gasteiger partial charge in [0.25, 0.3) is 0 Å². The molecule has 1 aromatic carbocycles. The van der Waals surface area contributed by atoms with Crippen molar-refractivity contribution in [1.29, 1.82) is 0 Å². The Morgan fingerprint density at radius 1 is 1.11 bits per heavy atom. The number of phenols is 1. The highest BCUT2D eigenvalue weighted by Crippen LogP contribution is 2.33. The van der Waals surface area contributed by atoms with Crippen LogP contribution in [0.25, 0.3) is 11.0 Å². The first kappa shape index (κ1) is 11.5. The average Bonchev–Trinajstić information content (AvgIpc) is 2.25. The van der Waals surface area contributed by atoms with Crippen molar-refractivity contribution < 1.29 is 19.4 Å². The Morgan fingerprint density at radius 3 is 2.28 bits per heavy atom. The highest BCUT2D eigenvalue weighted by Gasteiger charge is 2.33. The first-order valence-electron chi connectivity index (χ1n) is 4.50. The molecule has 0 radical (unpaired) electrons. The van der Waals surface area contributed by atoms with E-state index in [0.717, 1.165) is 18.2 Å². The SMILES string of the molecule is O=c1oc2cc(O)ccc2c([N+](=O)[O-])c1[N+](=O)[O-]. The predicted molar refractivity (Wildman–Crippen MR) is 57.5 cm³/mol. The van der Waals surface area contributed by atoms with Crippen LogP contribution >= 0.6 is 0 Å². The van der Waals surface area contributed by atoms with Gasteiger partial charge in [-0.1, -0.05) is 0 Å². The number of aromatic hydroxyl groups is 1. The van der Waals surface area contributed by atoms with Gasteiger partial charge in [-0.05, 0) is 12.1 Å². The van der Waals surface area contributed by atoms with Crippen LogP contribution in [0.1, 0.15) is 0 Å². The molecule has 0 fully saturated rings. The fourth-order valence-electron chi connectivity index (χ4n) is 1.51. The Morgan fingerprint density at radius 2 is 1.72 bits per heavy atom. The number of nitrogens with zero attached hydrogens (tertiary/aromatic N) is 2. The largest absolute Gasteiger partial charge is 0.508 e. The molecule has 2 aromatic rings. The summed E-state index contributed by atoms with van der Waals surface area (Å²) in [5, 5.41) is 30.4. The summed E-state index contributed by atoms with van der Waals surface area (Å²) >= 11 is 0. The minimum absolute atomic E-state index is 0.232. The molecule has 1 N–H and O–H groups in total. The Balaban J connectivity index is 3.03. The number of fused-ring (bicyclic) bond motifs is 1. The van der Waals surface area contributed by atoms with Crippen LogP contribution in [-0.2, 0) is 0 Å². The lowest BCUT2D eigenvalue weighted by atomic mass is 10.2. The number of phenolic OH excluding ortho intramolecular Hbond substituents is 1. The third kappa shape index (κ3) is 1.63.